The first-order valence-corrected chi connectivity index (χ1v) is 10.6. The molecule has 1 heterocycles. The second-order valence-corrected chi connectivity index (χ2v) is 7.89. The number of halogens is 1. The van der Waals surface area contributed by atoms with Crippen LogP contribution in [-0.4, -0.2) is 43.2 Å². The molecule has 1 fully saturated rings. The van der Waals surface area contributed by atoms with Gasteiger partial charge in [0.25, 0.3) is 5.91 Å². The predicted molar refractivity (Wildman–Crippen MR) is 116 cm³/mol. The number of nitrogens with one attached hydrogen (secondary N) is 1. The summed E-state index contributed by atoms with van der Waals surface area (Å²) >= 11 is 5.98. The van der Waals surface area contributed by atoms with Crippen molar-refractivity contribution in [3.8, 4) is 11.5 Å². The van der Waals surface area contributed by atoms with Gasteiger partial charge in [0, 0.05) is 24.7 Å². The van der Waals surface area contributed by atoms with Gasteiger partial charge in [-0.05, 0) is 62.2 Å². The Morgan fingerprint density at radius 3 is 2.55 bits per heavy atom. The van der Waals surface area contributed by atoms with E-state index < -0.39 is 6.10 Å². The van der Waals surface area contributed by atoms with Gasteiger partial charge in [-0.25, -0.2) is 0 Å². The smallest absolute Gasteiger partial charge is 0.261 e. The largest absolute Gasteiger partial charge is 0.490 e. The minimum Gasteiger partial charge on any atom is -0.490 e. The zero-order valence-electron chi connectivity index (χ0n) is 17.1. The van der Waals surface area contributed by atoms with Crippen molar-refractivity contribution < 1.29 is 14.3 Å². The monoisotopic (exact) mass is 416 g/mol. The van der Waals surface area contributed by atoms with E-state index in [9.17, 15) is 4.79 Å². The van der Waals surface area contributed by atoms with E-state index in [1.165, 1.54) is 0 Å². The first-order valence-electron chi connectivity index (χ1n) is 10.2. The van der Waals surface area contributed by atoms with Crippen molar-refractivity contribution in [3.05, 3.63) is 59.1 Å². The quantitative estimate of drug-likeness (QED) is 0.697. The van der Waals surface area contributed by atoms with E-state index in [-0.39, 0.29) is 12.0 Å². The molecule has 1 N–H and O–H groups in total. The first kappa shape index (κ1) is 21.5. The topological polar surface area (TPSA) is 50.8 Å². The molecular weight excluding hydrogens is 388 g/mol. The van der Waals surface area contributed by atoms with Gasteiger partial charge in [-0.3, -0.25) is 4.79 Å². The molecule has 1 aliphatic heterocycles. The molecule has 1 atom stereocenters. The van der Waals surface area contributed by atoms with E-state index >= 15 is 0 Å². The van der Waals surface area contributed by atoms with E-state index in [0.29, 0.717) is 23.7 Å². The van der Waals surface area contributed by atoms with Crippen molar-refractivity contribution in [1.82, 2.24) is 10.2 Å². The highest BCUT2D eigenvalue weighted by Gasteiger charge is 2.19. The van der Waals surface area contributed by atoms with Crippen LogP contribution in [0.25, 0.3) is 0 Å². The van der Waals surface area contributed by atoms with Crippen LogP contribution in [0.15, 0.2) is 48.5 Å². The predicted octanol–water partition coefficient (Wildman–Crippen LogP) is 4.29. The maximum atomic E-state index is 12.5. The number of rotatable bonds is 8. The third-order valence-electron chi connectivity index (χ3n) is 5.10. The number of amides is 1. The van der Waals surface area contributed by atoms with Crippen molar-refractivity contribution in [2.45, 2.75) is 44.9 Å². The second-order valence-electron chi connectivity index (χ2n) is 7.45. The average molecular weight is 417 g/mol. The van der Waals surface area contributed by atoms with E-state index in [2.05, 4.69) is 17.3 Å². The van der Waals surface area contributed by atoms with Gasteiger partial charge in [-0.1, -0.05) is 36.7 Å². The zero-order chi connectivity index (χ0) is 20.6. The molecule has 2 aromatic rings. The van der Waals surface area contributed by atoms with Gasteiger partial charge in [0.1, 0.15) is 17.6 Å². The van der Waals surface area contributed by atoms with Gasteiger partial charge in [-0.2, -0.15) is 0 Å². The summed E-state index contributed by atoms with van der Waals surface area (Å²) in [6, 6.07) is 15.0. The van der Waals surface area contributed by atoms with E-state index in [0.717, 1.165) is 37.2 Å². The number of benzene rings is 2. The van der Waals surface area contributed by atoms with Crippen LogP contribution >= 0.6 is 11.6 Å². The second kappa shape index (κ2) is 10.5. The SMILES string of the molecule is CCC(Oc1cccc(Cl)c1)C(=O)NCc1ccc(OC2CCN(C)CC2)cc1. The molecule has 1 aliphatic rings. The molecule has 0 bridgehead atoms. The van der Waals surface area contributed by atoms with Crippen LogP contribution < -0.4 is 14.8 Å². The highest BCUT2D eigenvalue weighted by atomic mass is 35.5. The Kier molecular flexibility index (Phi) is 7.78. The number of carbonyl (C=O) groups is 1. The van der Waals surface area contributed by atoms with Crippen molar-refractivity contribution in [2.75, 3.05) is 20.1 Å². The molecule has 6 heteroatoms. The lowest BCUT2D eigenvalue weighted by Crippen LogP contribution is -2.37. The molecule has 1 unspecified atom stereocenters. The molecular formula is C23H29ClN2O3. The third kappa shape index (κ3) is 6.65. The van der Waals surface area contributed by atoms with Gasteiger partial charge in [0.05, 0.1) is 0 Å². The summed E-state index contributed by atoms with van der Waals surface area (Å²) in [6.45, 7) is 4.52. The van der Waals surface area contributed by atoms with Crippen LogP contribution in [-0.2, 0) is 11.3 Å². The Hall–Kier alpha value is -2.24. The van der Waals surface area contributed by atoms with Crippen LogP contribution in [0.2, 0.25) is 5.02 Å². The molecule has 0 aromatic heterocycles. The summed E-state index contributed by atoms with van der Waals surface area (Å²) < 4.78 is 11.9. The van der Waals surface area contributed by atoms with E-state index in [1.807, 2.05) is 31.2 Å². The first-order chi connectivity index (χ1) is 14.0. The van der Waals surface area contributed by atoms with Crippen LogP contribution in [0.1, 0.15) is 31.7 Å². The molecule has 5 nitrogen and oxygen atoms in total. The molecule has 29 heavy (non-hydrogen) atoms. The molecule has 156 valence electrons. The number of hydrogen-bond acceptors (Lipinski definition) is 4. The van der Waals surface area contributed by atoms with Crippen molar-refractivity contribution in [1.29, 1.82) is 0 Å². The maximum absolute atomic E-state index is 12.5. The standard InChI is InChI=1S/C23H29ClN2O3/c1-3-22(29-21-6-4-5-18(24)15-21)23(27)25-16-17-7-9-19(10-8-17)28-20-11-13-26(2)14-12-20/h4-10,15,20,22H,3,11-14,16H2,1-2H3,(H,25,27). The Bertz CT molecular complexity index is 789. The van der Waals surface area contributed by atoms with Gasteiger partial charge >= 0.3 is 0 Å². The molecule has 0 spiro atoms. The maximum Gasteiger partial charge on any atom is 0.261 e. The number of piperidine rings is 1. The lowest BCUT2D eigenvalue weighted by Gasteiger charge is -2.29. The number of carbonyl (C=O) groups excluding carboxylic acids is 1. The molecule has 0 saturated carbocycles. The molecule has 1 amide bonds. The van der Waals surface area contributed by atoms with Crippen molar-refractivity contribution in [3.63, 3.8) is 0 Å². The summed E-state index contributed by atoms with van der Waals surface area (Å²) in [6.07, 6.45) is 2.41. The zero-order valence-corrected chi connectivity index (χ0v) is 17.8. The minimum absolute atomic E-state index is 0.140. The number of nitrogens with zero attached hydrogens (tertiary/aromatic N) is 1. The fourth-order valence-corrected chi connectivity index (χ4v) is 3.49. The van der Waals surface area contributed by atoms with Gasteiger partial charge in [-0.15, -0.1) is 0 Å². The molecule has 1 saturated heterocycles. The minimum atomic E-state index is -0.555. The highest BCUT2D eigenvalue weighted by molar-refractivity contribution is 6.30. The summed E-state index contributed by atoms with van der Waals surface area (Å²) in [5.41, 5.74) is 1.02. The molecule has 0 radical (unpaired) electrons. The lowest BCUT2D eigenvalue weighted by atomic mass is 10.1. The summed E-state index contributed by atoms with van der Waals surface area (Å²) in [4.78, 5) is 14.8. The Balaban J connectivity index is 1.47. The molecule has 2 aromatic carbocycles. The fraction of sp³-hybridized carbons (Fsp3) is 0.435. The van der Waals surface area contributed by atoms with Gasteiger partial charge in [0.2, 0.25) is 0 Å². The Morgan fingerprint density at radius 2 is 1.90 bits per heavy atom. The van der Waals surface area contributed by atoms with Crippen LogP contribution in [0.4, 0.5) is 0 Å². The summed E-state index contributed by atoms with van der Waals surface area (Å²) in [7, 11) is 2.14. The van der Waals surface area contributed by atoms with Crippen LogP contribution in [0.5, 0.6) is 11.5 Å². The Morgan fingerprint density at radius 1 is 1.17 bits per heavy atom. The van der Waals surface area contributed by atoms with E-state index in [1.54, 1.807) is 24.3 Å². The lowest BCUT2D eigenvalue weighted by molar-refractivity contribution is -0.128. The number of hydrogen-bond donors (Lipinski definition) is 1. The summed E-state index contributed by atoms with van der Waals surface area (Å²) in [5, 5.41) is 3.53. The highest BCUT2D eigenvalue weighted by Crippen LogP contribution is 2.20. The summed E-state index contributed by atoms with van der Waals surface area (Å²) in [5.74, 6) is 1.33. The van der Waals surface area contributed by atoms with Gasteiger partial charge < -0.3 is 19.7 Å². The van der Waals surface area contributed by atoms with Crippen molar-refractivity contribution >= 4 is 17.5 Å². The molecule has 3 rings (SSSR count). The van der Waals surface area contributed by atoms with Gasteiger partial charge in [0.15, 0.2) is 6.10 Å². The third-order valence-corrected chi connectivity index (χ3v) is 5.33. The van der Waals surface area contributed by atoms with Crippen LogP contribution in [0, 0.1) is 0 Å². The average Bonchev–Trinajstić information content (AvgIpc) is 2.73. The Labute approximate surface area is 177 Å². The van der Waals surface area contributed by atoms with Crippen molar-refractivity contribution in [2.24, 2.45) is 0 Å². The normalized spacial score (nSPS) is 16.2. The number of likely N-dealkylation sites (tertiary alicyclic amines) is 1. The van der Waals surface area contributed by atoms with E-state index in [4.69, 9.17) is 21.1 Å². The molecule has 0 aliphatic carbocycles. The number of ether oxygens (including phenoxy) is 2. The fourth-order valence-electron chi connectivity index (χ4n) is 3.31. The van der Waals surface area contributed by atoms with Crippen LogP contribution in [0.3, 0.4) is 0 Å².